The highest BCUT2D eigenvalue weighted by atomic mass is 79.9. The van der Waals surface area contributed by atoms with Crippen molar-refractivity contribution >= 4 is 21.8 Å². The molecular weight excluding hydrogens is 336 g/mol. The fourth-order valence-corrected chi connectivity index (χ4v) is 3.14. The lowest BCUT2D eigenvalue weighted by Gasteiger charge is -2.19. The standard InChI is InChI=1S/C15H17BrN2O3/c1-8(2)13-14(10-7-12(17)21-18-10)9(16)6-11-15(13)20-5-3-4-19-11/h6-8H,3-5,17H2,1-2H3. The van der Waals surface area contributed by atoms with Crippen molar-refractivity contribution in [2.75, 3.05) is 18.9 Å². The van der Waals surface area contributed by atoms with Crippen LogP contribution in [0, 0.1) is 0 Å². The van der Waals surface area contributed by atoms with Crippen LogP contribution >= 0.6 is 15.9 Å². The SMILES string of the molecule is CC(C)c1c2c(cc(Br)c1-c1cc(N)on1)OCCCO2. The number of anilines is 1. The summed E-state index contributed by atoms with van der Waals surface area (Å²) in [5.41, 5.74) is 8.34. The average Bonchev–Trinajstić information content (AvgIpc) is 2.71. The van der Waals surface area contributed by atoms with Gasteiger partial charge >= 0.3 is 0 Å². The monoisotopic (exact) mass is 352 g/mol. The molecule has 2 N–H and O–H groups in total. The third-order valence-corrected chi connectivity index (χ3v) is 4.01. The summed E-state index contributed by atoms with van der Waals surface area (Å²) in [5, 5.41) is 4.04. The van der Waals surface area contributed by atoms with E-state index in [1.165, 1.54) is 0 Å². The Hall–Kier alpha value is -1.69. The van der Waals surface area contributed by atoms with E-state index in [-0.39, 0.29) is 5.92 Å². The number of aromatic nitrogens is 1. The number of nitrogens with zero attached hydrogens (tertiary/aromatic N) is 1. The number of rotatable bonds is 2. The van der Waals surface area contributed by atoms with Crippen molar-refractivity contribution < 1.29 is 14.0 Å². The first-order chi connectivity index (χ1) is 10.1. The number of hydrogen-bond acceptors (Lipinski definition) is 5. The van der Waals surface area contributed by atoms with Crippen LogP contribution in [-0.2, 0) is 0 Å². The van der Waals surface area contributed by atoms with Crippen molar-refractivity contribution in [1.29, 1.82) is 0 Å². The lowest BCUT2D eigenvalue weighted by molar-refractivity contribution is 0.296. The van der Waals surface area contributed by atoms with Crippen LogP contribution in [-0.4, -0.2) is 18.4 Å². The maximum Gasteiger partial charge on any atom is 0.222 e. The molecule has 6 heteroatoms. The lowest BCUT2D eigenvalue weighted by atomic mass is 9.93. The van der Waals surface area contributed by atoms with Crippen LogP contribution in [0.15, 0.2) is 21.1 Å². The molecule has 0 saturated heterocycles. The van der Waals surface area contributed by atoms with Crippen molar-refractivity contribution in [1.82, 2.24) is 5.16 Å². The summed E-state index contributed by atoms with van der Waals surface area (Å²) in [6.07, 6.45) is 0.871. The summed E-state index contributed by atoms with van der Waals surface area (Å²) in [4.78, 5) is 0. The fourth-order valence-electron chi connectivity index (χ4n) is 2.52. The Morgan fingerprint density at radius 2 is 2.00 bits per heavy atom. The molecule has 0 saturated carbocycles. The maximum absolute atomic E-state index is 5.93. The van der Waals surface area contributed by atoms with Crippen LogP contribution in [0.5, 0.6) is 11.5 Å². The van der Waals surface area contributed by atoms with E-state index in [4.69, 9.17) is 19.7 Å². The van der Waals surface area contributed by atoms with Crippen LogP contribution in [0.4, 0.5) is 5.88 Å². The minimum atomic E-state index is 0.242. The summed E-state index contributed by atoms with van der Waals surface area (Å²) in [5.74, 6) is 2.09. The largest absolute Gasteiger partial charge is 0.490 e. The van der Waals surface area contributed by atoms with E-state index in [0.717, 1.165) is 33.5 Å². The summed E-state index contributed by atoms with van der Waals surface area (Å²) in [7, 11) is 0. The molecule has 2 heterocycles. The maximum atomic E-state index is 5.93. The third-order valence-electron chi connectivity index (χ3n) is 3.39. The first kappa shape index (κ1) is 14.3. The molecule has 0 fully saturated rings. The molecule has 0 bridgehead atoms. The van der Waals surface area contributed by atoms with Gasteiger partial charge < -0.3 is 19.7 Å². The van der Waals surface area contributed by atoms with Gasteiger partial charge in [-0.05, 0) is 27.9 Å². The zero-order valence-electron chi connectivity index (χ0n) is 12.0. The van der Waals surface area contributed by atoms with Crippen LogP contribution in [0.25, 0.3) is 11.3 Å². The van der Waals surface area contributed by atoms with E-state index >= 15 is 0 Å². The van der Waals surface area contributed by atoms with Crippen molar-refractivity contribution in [2.45, 2.75) is 26.2 Å². The highest BCUT2D eigenvalue weighted by Crippen LogP contribution is 2.47. The molecule has 1 aliphatic heterocycles. The topological polar surface area (TPSA) is 70.5 Å². The summed E-state index contributed by atoms with van der Waals surface area (Å²) in [6, 6.07) is 3.64. The zero-order valence-corrected chi connectivity index (χ0v) is 13.6. The third kappa shape index (κ3) is 2.60. The van der Waals surface area contributed by atoms with Gasteiger partial charge in [-0.15, -0.1) is 0 Å². The van der Waals surface area contributed by atoms with Crippen LogP contribution in [0.3, 0.4) is 0 Å². The van der Waals surface area contributed by atoms with E-state index in [1.54, 1.807) is 6.07 Å². The van der Waals surface area contributed by atoms with E-state index in [1.807, 2.05) is 6.07 Å². The van der Waals surface area contributed by atoms with E-state index < -0.39 is 0 Å². The van der Waals surface area contributed by atoms with Crippen molar-refractivity contribution in [3.8, 4) is 22.8 Å². The molecule has 0 spiro atoms. The quantitative estimate of drug-likeness (QED) is 0.885. The summed E-state index contributed by atoms with van der Waals surface area (Å²) in [6.45, 7) is 5.54. The molecule has 21 heavy (non-hydrogen) atoms. The number of halogens is 1. The van der Waals surface area contributed by atoms with Gasteiger partial charge in [0.1, 0.15) is 5.69 Å². The van der Waals surface area contributed by atoms with Crippen LogP contribution in [0.1, 0.15) is 31.7 Å². The highest BCUT2D eigenvalue weighted by Gasteiger charge is 2.25. The molecule has 0 amide bonds. The van der Waals surface area contributed by atoms with Gasteiger partial charge in [-0.3, -0.25) is 0 Å². The highest BCUT2D eigenvalue weighted by molar-refractivity contribution is 9.10. The molecule has 0 radical (unpaired) electrons. The van der Waals surface area contributed by atoms with Gasteiger partial charge in [0, 0.05) is 28.1 Å². The number of hydrogen-bond donors (Lipinski definition) is 1. The fraction of sp³-hybridized carbons (Fsp3) is 0.400. The first-order valence-corrected chi connectivity index (χ1v) is 7.71. The van der Waals surface area contributed by atoms with Gasteiger partial charge in [0.15, 0.2) is 11.5 Å². The Bertz CT molecular complexity index is 667. The van der Waals surface area contributed by atoms with E-state index in [9.17, 15) is 0 Å². The molecule has 5 nitrogen and oxygen atoms in total. The zero-order chi connectivity index (χ0) is 15.0. The molecule has 0 atom stereocenters. The Labute approximate surface area is 131 Å². The molecule has 0 aliphatic carbocycles. The molecule has 1 aliphatic rings. The summed E-state index contributed by atoms with van der Waals surface area (Å²) >= 11 is 3.61. The molecule has 3 rings (SSSR count). The van der Waals surface area contributed by atoms with Gasteiger partial charge in [0.2, 0.25) is 5.88 Å². The van der Waals surface area contributed by atoms with Crippen LogP contribution in [0.2, 0.25) is 0 Å². The lowest BCUT2D eigenvalue weighted by Crippen LogP contribution is -2.02. The molecule has 112 valence electrons. The van der Waals surface area contributed by atoms with Gasteiger partial charge in [-0.1, -0.05) is 19.0 Å². The average molecular weight is 353 g/mol. The van der Waals surface area contributed by atoms with Crippen LogP contribution < -0.4 is 15.2 Å². The Kier molecular flexibility index (Phi) is 3.80. The molecule has 2 aromatic rings. The van der Waals surface area contributed by atoms with Crippen molar-refractivity contribution in [2.24, 2.45) is 0 Å². The first-order valence-electron chi connectivity index (χ1n) is 6.92. The van der Waals surface area contributed by atoms with Crippen molar-refractivity contribution in [3.63, 3.8) is 0 Å². The summed E-state index contributed by atoms with van der Waals surface area (Å²) < 4.78 is 17.6. The molecule has 1 aromatic heterocycles. The Morgan fingerprint density at radius 3 is 2.67 bits per heavy atom. The van der Waals surface area contributed by atoms with Gasteiger partial charge in [-0.25, -0.2) is 0 Å². The number of benzene rings is 1. The smallest absolute Gasteiger partial charge is 0.222 e. The minimum Gasteiger partial charge on any atom is -0.490 e. The van der Waals surface area contributed by atoms with Gasteiger partial charge in [-0.2, -0.15) is 0 Å². The van der Waals surface area contributed by atoms with Gasteiger partial charge in [0.25, 0.3) is 0 Å². The number of nitrogens with two attached hydrogens (primary N) is 1. The predicted octanol–water partition coefficient (Wildman–Crippen LogP) is 3.97. The molecular formula is C15H17BrN2O3. The second-order valence-electron chi connectivity index (χ2n) is 5.29. The Balaban J connectivity index is 2.26. The second kappa shape index (κ2) is 5.60. The van der Waals surface area contributed by atoms with E-state index in [2.05, 4.69) is 34.9 Å². The molecule has 1 aromatic carbocycles. The molecule has 0 unspecified atom stereocenters. The minimum absolute atomic E-state index is 0.242. The Morgan fingerprint density at radius 1 is 1.24 bits per heavy atom. The van der Waals surface area contributed by atoms with Gasteiger partial charge in [0.05, 0.1) is 13.2 Å². The van der Waals surface area contributed by atoms with Crippen molar-refractivity contribution in [3.05, 3.63) is 22.2 Å². The second-order valence-corrected chi connectivity index (χ2v) is 6.15. The normalized spacial score (nSPS) is 14.3. The number of fused-ring (bicyclic) bond motifs is 1. The van der Waals surface area contributed by atoms with E-state index in [0.29, 0.717) is 24.8 Å². The number of nitrogen functional groups attached to an aromatic ring is 1. The predicted molar refractivity (Wildman–Crippen MR) is 83.7 cm³/mol. The number of ether oxygens (including phenoxy) is 2.